The van der Waals surface area contributed by atoms with Crippen molar-refractivity contribution in [3.63, 3.8) is 0 Å². The van der Waals surface area contributed by atoms with Gasteiger partial charge in [-0.2, -0.15) is 0 Å². The zero-order valence-corrected chi connectivity index (χ0v) is 10.6. The Balaban J connectivity index is 2.03. The summed E-state index contributed by atoms with van der Waals surface area (Å²) in [5.74, 6) is 0.138. The number of fused-ring (bicyclic) bond motifs is 1. The van der Waals surface area contributed by atoms with Crippen molar-refractivity contribution in [3.05, 3.63) is 60.7 Å². The molecule has 0 aromatic heterocycles. The summed E-state index contributed by atoms with van der Waals surface area (Å²) in [5.41, 5.74) is 0.729. The van der Waals surface area contributed by atoms with Gasteiger partial charge in [-0.3, -0.25) is 0 Å². The Labute approximate surface area is 115 Å². The topological polar surface area (TPSA) is 65.2 Å². The van der Waals surface area contributed by atoms with Gasteiger partial charge in [0.1, 0.15) is 17.1 Å². The number of aromatic hydroxyl groups is 2. The lowest BCUT2D eigenvalue weighted by atomic mass is 10.1. The lowest BCUT2D eigenvalue weighted by molar-refractivity contribution is 0.475. The van der Waals surface area contributed by atoms with Crippen LogP contribution in [0.1, 0.15) is 0 Å². The van der Waals surface area contributed by atoms with E-state index in [1.807, 2.05) is 30.3 Å². The molecule has 4 heteroatoms. The minimum atomic E-state index is 0.0523. The molecule has 20 heavy (non-hydrogen) atoms. The van der Waals surface area contributed by atoms with E-state index in [1.165, 1.54) is 6.07 Å². The third kappa shape index (κ3) is 2.19. The van der Waals surface area contributed by atoms with E-state index in [1.54, 1.807) is 24.3 Å². The van der Waals surface area contributed by atoms with E-state index >= 15 is 0 Å². The number of para-hydroxylation sites is 1. The van der Waals surface area contributed by atoms with Crippen LogP contribution in [0, 0.1) is 0 Å². The van der Waals surface area contributed by atoms with E-state index in [4.69, 9.17) is 0 Å². The highest BCUT2D eigenvalue weighted by atomic mass is 16.3. The predicted molar refractivity (Wildman–Crippen MR) is 77.9 cm³/mol. The first-order chi connectivity index (χ1) is 9.75. The van der Waals surface area contributed by atoms with Gasteiger partial charge in [-0.1, -0.05) is 42.5 Å². The fourth-order valence-electron chi connectivity index (χ4n) is 1.98. The molecule has 0 aliphatic heterocycles. The average molecular weight is 264 g/mol. The van der Waals surface area contributed by atoms with Crippen molar-refractivity contribution >= 4 is 22.1 Å². The minimum absolute atomic E-state index is 0.0523. The maximum absolute atomic E-state index is 10.2. The summed E-state index contributed by atoms with van der Waals surface area (Å²) in [6.07, 6.45) is 0. The molecule has 0 aliphatic rings. The number of hydrogen-bond donors (Lipinski definition) is 2. The molecule has 4 nitrogen and oxygen atoms in total. The molecule has 0 saturated carbocycles. The van der Waals surface area contributed by atoms with Gasteiger partial charge in [-0.05, 0) is 23.6 Å². The van der Waals surface area contributed by atoms with Crippen molar-refractivity contribution < 1.29 is 10.2 Å². The van der Waals surface area contributed by atoms with Crippen molar-refractivity contribution in [2.75, 3.05) is 0 Å². The Morgan fingerprint density at radius 3 is 2.20 bits per heavy atom. The fourth-order valence-corrected chi connectivity index (χ4v) is 1.98. The number of azo groups is 1. The maximum atomic E-state index is 10.2. The Kier molecular flexibility index (Phi) is 3.05. The third-order valence-electron chi connectivity index (χ3n) is 3.03. The molecular weight excluding hydrogens is 252 g/mol. The SMILES string of the molecule is Oc1ccccc1N=Nc1ccc2ccccc2c1O. The molecule has 0 heterocycles. The second-order valence-electron chi connectivity index (χ2n) is 4.34. The summed E-state index contributed by atoms with van der Waals surface area (Å²) in [6.45, 7) is 0. The van der Waals surface area contributed by atoms with Crippen LogP contribution in [-0.2, 0) is 0 Å². The van der Waals surface area contributed by atoms with Gasteiger partial charge in [-0.15, -0.1) is 10.2 Å². The van der Waals surface area contributed by atoms with E-state index in [0.29, 0.717) is 11.4 Å². The highest BCUT2D eigenvalue weighted by molar-refractivity contribution is 5.92. The molecule has 0 fully saturated rings. The Morgan fingerprint density at radius 1 is 0.650 bits per heavy atom. The second-order valence-corrected chi connectivity index (χ2v) is 4.34. The lowest BCUT2D eigenvalue weighted by Crippen LogP contribution is -1.74. The molecule has 0 aliphatic carbocycles. The molecule has 0 unspecified atom stereocenters. The minimum Gasteiger partial charge on any atom is -0.506 e. The van der Waals surface area contributed by atoms with Crippen LogP contribution in [0.15, 0.2) is 70.9 Å². The summed E-state index contributed by atoms with van der Waals surface area (Å²) in [7, 11) is 0. The van der Waals surface area contributed by atoms with Crippen LogP contribution >= 0.6 is 0 Å². The highest BCUT2D eigenvalue weighted by Gasteiger charge is 2.05. The number of phenols is 2. The monoisotopic (exact) mass is 264 g/mol. The van der Waals surface area contributed by atoms with E-state index in [0.717, 1.165) is 10.8 Å². The standard InChI is InChI=1S/C16H12N2O2/c19-15-8-4-3-7-13(15)17-18-14-10-9-11-5-1-2-6-12(11)16(14)20/h1-10,19-20H. The van der Waals surface area contributed by atoms with Gasteiger partial charge in [0.05, 0.1) is 0 Å². The average Bonchev–Trinajstić information content (AvgIpc) is 2.48. The van der Waals surface area contributed by atoms with Gasteiger partial charge >= 0.3 is 0 Å². The van der Waals surface area contributed by atoms with Crippen molar-refractivity contribution in [1.29, 1.82) is 0 Å². The second kappa shape index (κ2) is 5.01. The number of rotatable bonds is 2. The summed E-state index contributed by atoms with van der Waals surface area (Å²) in [5, 5.41) is 29.4. The molecule has 0 bridgehead atoms. The summed E-state index contributed by atoms with van der Waals surface area (Å²) >= 11 is 0. The van der Waals surface area contributed by atoms with Crippen LogP contribution in [0.2, 0.25) is 0 Å². The zero-order chi connectivity index (χ0) is 13.9. The van der Waals surface area contributed by atoms with E-state index in [-0.39, 0.29) is 11.5 Å². The first-order valence-electron chi connectivity index (χ1n) is 6.16. The molecule has 0 radical (unpaired) electrons. The van der Waals surface area contributed by atoms with Crippen LogP contribution in [-0.4, -0.2) is 10.2 Å². The molecular formula is C16H12N2O2. The highest BCUT2D eigenvalue weighted by Crippen LogP contribution is 2.36. The van der Waals surface area contributed by atoms with Crippen molar-refractivity contribution in [2.45, 2.75) is 0 Å². The number of benzene rings is 3. The summed E-state index contributed by atoms with van der Waals surface area (Å²) in [6, 6.07) is 17.7. The summed E-state index contributed by atoms with van der Waals surface area (Å²) < 4.78 is 0. The number of phenolic OH excluding ortho intramolecular Hbond substituents is 2. The molecule has 0 amide bonds. The van der Waals surface area contributed by atoms with Crippen molar-refractivity contribution in [2.24, 2.45) is 10.2 Å². The zero-order valence-electron chi connectivity index (χ0n) is 10.6. The Bertz CT molecular complexity index is 797. The molecule has 3 aromatic carbocycles. The Hall–Kier alpha value is -2.88. The maximum Gasteiger partial charge on any atom is 0.150 e. The van der Waals surface area contributed by atoms with Gasteiger partial charge in [0.2, 0.25) is 0 Å². The largest absolute Gasteiger partial charge is 0.506 e. The van der Waals surface area contributed by atoms with E-state index in [9.17, 15) is 10.2 Å². The van der Waals surface area contributed by atoms with Crippen LogP contribution < -0.4 is 0 Å². The molecule has 3 rings (SSSR count). The van der Waals surface area contributed by atoms with Gasteiger partial charge in [0.25, 0.3) is 0 Å². The van der Waals surface area contributed by atoms with Crippen LogP contribution in [0.3, 0.4) is 0 Å². The first-order valence-corrected chi connectivity index (χ1v) is 6.16. The van der Waals surface area contributed by atoms with E-state index in [2.05, 4.69) is 10.2 Å². The molecule has 0 saturated heterocycles. The quantitative estimate of drug-likeness (QED) is 0.661. The predicted octanol–water partition coefficient (Wildman–Crippen LogP) is 4.67. The normalized spacial score (nSPS) is 11.2. The smallest absolute Gasteiger partial charge is 0.150 e. The van der Waals surface area contributed by atoms with E-state index < -0.39 is 0 Å². The molecule has 2 N–H and O–H groups in total. The van der Waals surface area contributed by atoms with Crippen LogP contribution in [0.5, 0.6) is 11.5 Å². The molecule has 98 valence electrons. The summed E-state index contributed by atoms with van der Waals surface area (Å²) in [4.78, 5) is 0. The fraction of sp³-hybridized carbons (Fsp3) is 0. The van der Waals surface area contributed by atoms with Crippen molar-refractivity contribution in [3.8, 4) is 11.5 Å². The first kappa shape index (κ1) is 12.2. The van der Waals surface area contributed by atoms with Gasteiger partial charge in [0, 0.05) is 5.39 Å². The van der Waals surface area contributed by atoms with Gasteiger partial charge in [-0.25, -0.2) is 0 Å². The van der Waals surface area contributed by atoms with Crippen LogP contribution in [0.4, 0.5) is 11.4 Å². The Morgan fingerprint density at radius 2 is 1.35 bits per heavy atom. The van der Waals surface area contributed by atoms with Gasteiger partial charge < -0.3 is 10.2 Å². The molecule has 3 aromatic rings. The van der Waals surface area contributed by atoms with Gasteiger partial charge in [0.15, 0.2) is 5.75 Å². The number of hydrogen-bond acceptors (Lipinski definition) is 4. The number of nitrogens with zero attached hydrogens (tertiary/aromatic N) is 2. The van der Waals surface area contributed by atoms with Crippen LogP contribution in [0.25, 0.3) is 10.8 Å². The third-order valence-corrected chi connectivity index (χ3v) is 3.03. The molecule has 0 atom stereocenters. The lowest BCUT2D eigenvalue weighted by Gasteiger charge is -2.03. The van der Waals surface area contributed by atoms with Crippen molar-refractivity contribution in [1.82, 2.24) is 0 Å². The molecule has 0 spiro atoms.